The zero-order chi connectivity index (χ0) is 9.97. The van der Waals surface area contributed by atoms with Crippen LogP contribution in [0.25, 0.3) is 0 Å². The number of nitrogens with one attached hydrogen (secondary N) is 2. The van der Waals surface area contributed by atoms with E-state index in [1.54, 1.807) is 0 Å². The van der Waals surface area contributed by atoms with Gasteiger partial charge in [-0.3, -0.25) is 0 Å². The summed E-state index contributed by atoms with van der Waals surface area (Å²) in [5, 5.41) is 19.0. The molecule has 2 rings (SSSR count). The molecule has 1 aliphatic carbocycles. The third kappa shape index (κ3) is 1.95. The number of aromatic amines is 1. The molecule has 0 amide bonds. The van der Waals surface area contributed by atoms with Crippen LogP contribution < -0.4 is 11.1 Å². The quantitative estimate of drug-likeness (QED) is 0.545. The molecule has 0 bridgehead atoms. The monoisotopic (exact) mass is 197 g/mol. The van der Waals surface area contributed by atoms with Crippen LogP contribution in [0.5, 0.6) is 0 Å². The number of aromatic nitrogens is 3. The van der Waals surface area contributed by atoms with Crippen LogP contribution in [0.15, 0.2) is 0 Å². The lowest BCUT2D eigenvalue weighted by Crippen LogP contribution is -2.22. The van der Waals surface area contributed by atoms with E-state index in [4.69, 9.17) is 5.73 Å². The highest BCUT2D eigenvalue weighted by Gasteiger charge is 2.24. The number of hydrogen-bond acceptors (Lipinski definition) is 5. The molecule has 1 aliphatic rings. The van der Waals surface area contributed by atoms with Crippen molar-refractivity contribution in [3.05, 3.63) is 0 Å². The Kier molecular flexibility index (Phi) is 2.53. The van der Waals surface area contributed by atoms with Gasteiger partial charge < -0.3 is 16.2 Å². The van der Waals surface area contributed by atoms with Gasteiger partial charge in [0.1, 0.15) is 0 Å². The topological polar surface area (TPSA) is 99.8 Å². The predicted molar refractivity (Wildman–Crippen MR) is 52.6 cm³/mol. The lowest BCUT2D eigenvalue weighted by Gasteiger charge is -2.13. The number of aliphatic hydroxyl groups is 1. The molecule has 1 aromatic heterocycles. The second kappa shape index (κ2) is 3.83. The lowest BCUT2D eigenvalue weighted by molar-refractivity contribution is 0.138. The molecule has 0 saturated heterocycles. The summed E-state index contributed by atoms with van der Waals surface area (Å²) < 4.78 is 0. The molecule has 0 spiro atoms. The summed E-state index contributed by atoms with van der Waals surface area (Å²) in [6.07, 6.45) is 2.89. The van der Waals surface area contributed by atoms with Crippen LogP contribution >= 0.6 is 0 Å². The maximum Gasteiger partial charge on any atom is 0.243 e. The number of nitrogens with two attached hydrogens (primary N) is 1. The number of nitrogen functional groups attached to an aromatic ring is 1. The Bertz CT molecular complexity index is 300. The number of aliphatic hydroxyl groups excluding tert-OH is 1. The van der Waals surface area contributed by atoms with Crippen LogP contribution in [-0.2, 0) is 0 Å². The Balaban J connectivity index is 1.82. The van der Waals surface area contributed by atoms with Crippen LogP contribution in [0.1, 0.15) is 19.3 Å². The van der Waals surface area contributed by atoms with Gasteiger partial charge in [0.25, 0.3) is 0 Å². The van der Waals surface area contributed by atoms with Gasteiger partial charge >= 0.3 is 0 Å². The Labute approximate surface area is 81.9 Å². The van der Waals surface area contributed by atoms with Crippen LogP contribution in [0.3, 0.4) is 0 Å². The molecule has 6 heteroatoms. The Hall–Kier alpha value is -1.30. The minimum absolute atomic E-state index is 0.182. The zero-order valence-corrected chi connectivity index (χ0v) is 7.90. The second-order valence-corrected chi connectivity index (χ2v) is 3.68. The van der Waals surface area contributed by atoms with Crippen molar-refractivity contribution in [3.8, 4) is 0 Å². The van der Waals surface area contributed by atoms with E-state index in [0.29, 0.717) is 24.4 Å². The smallest absolute Gasteiger partial charge is 0.243 e. The van der Waals surface area contributed by atoms with E-state index < -0.39 is 0 Å². The molecule has 6 nitrogen and oxygen atoms in total. The van der Waals surface area contributed by atoms with E-state index in [9.17, 15) is 5.11 Å². The molecule has 0 aromatic carbocycles. The SMILES string of the molecule is Nc1nc(NCC2CCCC2O)n[nH]1. The molecule has 0 radical (unpaired) electrons. The maximum atomic E-state index is 9.56. The van der Waals surface area contributed by atoms with Gasteiger partial charge in [-0.15, -0.1) is 5.10 Å². The Morgan fingerprint density at radius 3 is 3.00 bits per heavy atom. The Morgan fingerprint density at radius 1 is 1.57 bits per heavy atom. The maximum absolute atomic E-state index is 9.56. The first-order chi connectivity index (χ1) is 6.75. The molecule has 2 atom stereocenters. The standard InChI is InChI=1S/C8H15N5O/c9-7-11-8(13-12-7)10-4-5-2-1-3-6(5)14/h5-6,14H,1-4H2,(H4,9,10,11,12,13). The first kappa shape index (κ1) is 9.26. The third-order valence-corrected chi connectivity index (χ3v) is 2.64. The van der Waals surface area contributed by atoms with E-state index in [0.717, 1.165) is 19.3 Å². The molecular formula is C8H15N5O. The van der Waals surface area contributed by atoms with Crippen molar-refractivity contribution in [1.82, 2.24) is 15.2 Å². The van der Waals surface area contributed by atoms with Crippen molar-refractivity contribution in [1.29, 1.82) is 0 Å². The minimum Gasteiger partial charge on any atom is -0.393 e. The van der Waals surface area contributed by atoms with Gasteiger partial charge in [0.05, 0.1) is 6.10 Å². The van der Waals surface area contributed by atoms with Crippen LogP contribution in [0.4, 0.5) is 11.9 Å². The highest BCUT2D eigenvalue weighted by Crippen LogP contribution is 2.25. The van der Waals surface area contributed by atoms with Gasteiger partial charge in [-0.05, 0) is 12.8 Å². The van der Waals surface area contributed by atoms with E-state index >= 15 is 0 Å². The number of hydrogen-bond donors (Lipinski definition) is 4. The first-order valence-corrected chi connectivity index (χ1v) is 4.85. The van der Waals surface area contributed by atoms with Crippen LogP contribution in [-0.4, -0.2) is 32.9 Å². The third-order valence-electron chi connectivity index (χ3n) is 2.64. The van der Waals surface area contributed by atoms with Crippen molar-refractivity contribution in [2.45, 2.75) is 25.4 Å². The van der Waals surface area contributed by atoms with Crippen molar-refractivity contribution < 1.29 is 5.11 Å². The van der Waals surface area contributed by atoms with Gasteiger partial charge in [0.2, 0.25) is 11.9 Å². The fourth-order valence-corrected chi connectivity index (χ4v) is 1.83. The molecule has 78 valence electrons. The molecule has 1 fully saturated rings. The molecular weight excluding hydrogens is 182 g/mol. The van der Waals surface area contributed by atoms with Crippen molar-refractivity contribution in [2.75, 3.05) is 17.6 Å². The average molecular weight is 197 g/mol. The van der Waals surface area contributed by atoms with E-state index in [-0.39, 0.29) is 6.10 Å². The summed E-state index contributed by atoms with van der Waals surface area (Å²) in [6, 6.07) is 0. The number of anilines is 2. The van der Waals surface area contributed by atoms with Gasteiger partial charge in [-0.25, -0.2) is 5.10 Å². The normalized spacial score (nSPS) is 26.6. The minimum atomic E-state index is -0.182. The van der Waals surface area contributed by atoms with Gasteiger partial charge in [0, 0.05) is 12.5 Å². The first-order valence-electron chi connectivity index (χ1n) is 4.85. The number of rotatable bonds is 3. The van der Waals surface area contributed by atoms with E-state index in [2.05, 4.69) is 20.5 Å². The summed E-state index contributed by atoms with van der Waals surface area (Å²) in [4.78, 5) is 3.92. The van der Waals surface area contributed by atoms with Crippen molar-refractivity contribution in [3.63, 3.8) is 0 Å². The summed E-state index contributed by atoms with van der Waals surface area (Å²) in [7, 11) is 0. The van der Waals surface area contributed by atoms with Gasteiger partial charge in [0.15, 0.2) is 0 Å². The van der Waals surface area contributed by atoms with Gasteiger partial charge in [-0.1, -0.05) is 6.42 Å². The zero-order valence-electron chi connectivity index (χ0n) is 7.90. The van der Waals surface area contributed by atoms with E-state index in [1.165, 1.54) is 0 Å². The molecule has 0 aliphatic heterocycles. The molecule has 2 unspecified atom stereocenters. The van der Waals surface area contributed by atoms with Crippen LogP contribution in [0.2, 0.25) is 0 Å². The molecule has 5 N–H and O–H groups in total. The van der Waals surface area contributed by atoms with E-state index in [1.807, 2.05) is 0 Å². The summed E-state index contributed by atoms with van der Waals surface area (Å²) in [5.74, 6) is 1.12. The highest BCUT2D eigenvalue weighted by atomic mass is 16.3. The largest absolute Gasteiger partial charge is 0.393 e. The molecule has 14 heavy (non-hydrogen) atoms. The predicted octanol–water partition coefficient (Wildman–Crippen LogP) is -0.0402. The fraction of sp³-hybridized carbons (Fsp3) is 0.750. The summed E-state index contributed by atoms with van der Waals surface area (Å²) >= 11 is 0. The average Bonchev–Trinajstić information content (AvgIpc) is 2.72. The Morgan fingerprint density at radius 2 is 2.43 bits per heavy atom. The summed E-state index contributed by atoms with van der Waals surface area (Å²) in [5.41, 5.74) is 5.37. The number of H-pyrrole nitrogens is 1. The van der Waals surface area contributed by atoms with Crippen molar-refractivity contribution in [2.24, 2.45) is 5.92 Å². The lowest BCUT2D eigenvalue weighted by atomic mass is 10.1. The van der Waals surface area contributed by atoms with Crippen LogP contribution in [0, 0.1) is 5.92 Å². The molecule has 1 aromatic rings. The second-order valence-electron chi connectivity index (χ2n) is 3.68. The highest BCUT2D eigenvalue weighted by molar-refractivity contribution is 5.29. The molecule has 1 saturated carbocycles. The number of nitrogens with zero attached hydrogens (tertiary/aromatic N) is 2. The molecule has 1 heterocycles. The summed E-state index contributed by atoms with van der Waals surface area (Å²) in [6.45, 7) is 0.707. The van der Waals surface area contributed by atoms with Crippen molar-refractivity contribution >= 4 is 11.9 Å². The van der Waals surface area contributed by atoms with Gasteiger partial charge in [-0.2, -0.15) is 4.98 Å². The fourth-order valence-electron chi connectivity index (χ4n) is 1.83.